The van der Waals surface area contributed by atoms with Gasteiger partial charge in [0.2, 0.25) is 0 Å². The second-order valence-corrected chi connectivity index (χ2v) is 3.59. The molecule has 0 spiro atoms. The molecule has 0 aromatic heterocycles. The zero-order valence-corrected chi connectivity index (χ0v) is 9.48. The van der Waals surface area contributed by atoms with Gasteiger partial charge >= 0.3 is 6.16 Å². The second-order valence-electron chi connectivity index (χ2n) is 3.59. The minimum absolute atomic E-state index is 0.410. The van der Waals surface area contributed by atoms with Crippen LogP contribution in [-0.4, -0.2) is 6.16 Å². The van der Waals surface area contributed by atoms with E-state index < -0.39 is 6.16 Å². The standard InChI is InChI=1S/C15H10FNO/c16-15(18)17-14-10-8-13(9-11-14)7-6-12-4-2-1-3-5-12/h1-5,8-11H,(H,17,18). The highest BCUT2D eigenvalue weighted by Gasteiger charge is 1.97. The van der Waals surface area contributed by atoms with Crippen LogP contribution in [-0.2, 0) is 0 Å². The second kappa shape index (κ2) is 5.65. The van der Waals surface area contributed by atoms with Crippen LogP contribution in [0.4, 0.5) is 14.9 Å². The SMILES string of the molecule is O=C(F)Nc1ccc(C#Cc2ccccc2)cc1. The summed E-state index contributed by atoms with van der Waals surface area (Å²) < 4.78 is 12.1. The highest BCUT2D eigenvalue weighted by molar-refractivity contribution is 5.83. The number of carbonyl (C=O) groups excluding carboxylic acids is 1. The number of hydrogen-bond donors (Lipinski definition) is 1. The third-order valence-electron chi connectivity index (χ3n) is 2.25. The highest BCUT2D eigenvalue weighted by atomic mass is 19.1. The van der Waals surface area contributed by atoms with Crippen molar-refractivity contribution >= 4 is 11.8 Å². The summed E-state index contributed by atoms with van der Waals surface area (Å²) in [6, 6.07) is 16.3. The van der Waals surface area contributed by atoms with Gasteiger partial charge in [-0.25, -0.2) is 4.79 Å². The van der Waals surface area contributed by atoms with Gasteiger partial charge in [-0.3, -0.25) is 5.32 Å². The van der Waals surface area contributed by atoms with Crippen LogP contribution in [0.2, 0.25) is 0 Å². The molecule has 0 aliphatic carbocycles. The summed E-state index contributed by atoms with van der Waals surface area (Å²) in [4.78, 5) is 10.2. The highest BCUT2D eigenvalue weighted by Crippen LogP contribution is 2.09. The van der Waals surface area contributed by atoms with Crippen LogP contribution in [0.5, 0.6) is 0 Å². The summed E-state index contributed by atoms with van der Waals surface area (Å²) in [5.41, 5.74) is 2.14. The van der Waals surface area contributed by atoms with E-state index in [0.717, 1.165) is 11.1 Å². The van der Waals surface area contributed by atoms with E-state index in [9.17, 15) is 9.18 Å². The lowest BCUT2D eigenvalue weighted by Gasteiger charge is -1.98. The molecule has 0 aliphatic heterocycles. The van der Waals surface area contributed by atoms with E-state index >= 15 is 0 Å². The van der Waals surface area contributed by atoms with Crippen molar-refractivity contribution in [2.75, 3.05) is 5.32 Å². The summed E-state index contributed by atoms with van der Waals surface area (Å²) in [6.07, 6.45) is -1.57. The third-order valence-corrected chi connectivity index (χ3v) is 2.25. The average molecular weight is 239 g/mol. The number of carbonyl (C=O) groups is 1. The quantitative estimate of drug-likeness (QED) is 0.460. The lowest BCUT2D eigenvalue weighted by molar-refractivity contribution is 0.235. The number of hydrogen-bond acceptors (Lipinski definition) is 1. The molecule has 0 unspecified atom stereocenters. The van der Waals surface area contributed by atoms with Gasteiger partial charge in [0.15, 0.2) is 0 Å². The van der Waals surface area contributed by atoms with Crippen molar-refractivity contribution in [1.29, 1.82) is 0 Å². The molecule has 0 atom stereocenters. The molecule has 2 aromatic carbocycles. The van der Waals surface area contributed by atoms with E-state index in [1.165, 1.54) is 0 Å². The molecule has 2 rings (SSSR count). The minimum Gasteiger partial charge on any atom is -0.298 e. The maximum atomic E-state index is 12.1. The monoisotopic (exact) mass is 239 g/mol. The van der Waals surface area contributed by atoms with Crippen molar-refractivity contribution in [2.24, 2.45) is 0 Å². The molecule has 0 saturated heterocycles. The van der Waals surface area contributed by atoms with Gasteiger partial charge in [0, 0.05) is 16.8 Å². The van der Waals surface area contributed by atoms with Crippen LogP contribution in [0, 0.1) is 11.8 Å². The van der Waals surface area contributed by atoms with E-state index in [-0.39, 0.29) is 0 Å². The first-order chi connectivity index (χ1) is 8.74. The van der Waals surface area contributed by atoms with Crippen LogP contribution in [0.15, 0.2) is 54.6 Å². The van der Waals surface area contributed by atoms with Gasteiger partial charge in [0.25, 0.3) is 0 Å². The first kappa shape index (κ1) is 11.9. The zero-order chi connectivity index (χ0) is 12.8. The van der Waals surface area contributed by atoms with Gasteiger partial charge in [0.1, 0.15) is 0 Å². The first-order valence-corrected chi connectivity index (χ1v) is 5.38. The Morgan fingerprint density at radius 2 is 1.44 bits per heavy atom. The normalized spacial score (nSPS) is 9.17. The number of rotatable bonds is 1. The zero-order valence-electron chi connectivity index (χ0n) is 9.48. The fourth-order valence-electron chi connectivity index (χ4n) is 1.42. The molecule has 0 aliphatic rings. The van der Waals surface area contributed by atoms with Crippen molar-refractivity contribution < 1.29 is 9.18 Å². The van der Waals surface area contributed by atoms with E-state index in [0.29, 0.717) is 5.69 Å². The maximum Gasteiger partial charge on any atom is 0.401 e. The van der Waals surface area contributed by atoms with Crippen molar-refractivity contribution in [1.82, 2.24) is 0 Å². The maximum absolute atomic E-state index is 12.1. The number of benzene rings is 2. The van der Waals surface area contributed by atoms with Crippen LogP contribution in [0.3, 0.4) is 0 Å². The lowest BCUT2D eigenvalue weighted by atomic mass is 10.2. The molecule has 0 bridgehead atoms. The molecule has 0 heterocycles. The Morgan fingerprint density at radius 1 is 0.889 bits per heavy atom. The molecule has 3 heteroatoms. The fraction of sp³-hybridized carbons (Fsp3) is 0. The van der Waals surface area contributed by atoms with E-state index in [2.05, 4.69) is 17.2 Å². The molecule has 88 valence electrons. The molecule has 0 fully saturated rings. The van der Waals surface area contributed by atoms with E-state index in [1.807, 2.05) is 30.3 Å². The largest absolute Gasteiger partial charge is 0.401 e. The van der Waals surface area contributed by atoms with Gasteiger partial charge in [-0.2, -0.15) is 0 Å². The smallest absolute Gasteiger partial charge is 0.298 e. The molecule has 0 radical (unpaired) electrons. The summed E-state index contributed by atoms with van der Waals surface area (Å²) >= 11 is 0. The van der Waals surface area contributed by atoms with Crippen LogP contribution < -0.4 is 5.32 Å². The van der Waals surface area contributed by atoms with Crippen molar-refractivity contribution in [3.05, 3.63) is 65.7 Å². The van der Waals surface area contributed by atoms with E-state index in [1.54, 1.807) is 24.3 Å². The Labute approximate surface area is 104 Å². The van der Waals surface area contributed by atoms with Crippen LogP contribution >= 0.6 is 0 Å². The molecule has 1 amide bonds. The Balaban J connectivity index is 2.12. The Bertz CT molecular complexity index is 594. The molecule has 2 nitrogen and oxygen atoms in total. The summed E-state index contributed by atoms with van der Waals surface area (Å²) in [7, 11) is 0. The minimum atomic E-state index is -1.57. The molecular weight excluding hydrogens is 229 g/mol. The predicted octanol–water partition coefficient (Wildman–Crippen LogP) is 3.59. The fourth-order valence-corrected chi connectivity index (χ4v) is 1.42. The molecule has 1 N–H and O–H groups in total. The van der Waals surface area contributed by atoms with Crippen LogP contribution in [0.1, 0.15) is 11.1 Å². The number of halogens is 1. The summed E-state index contributed by atoms with van der Waals surface area (Å²) in [6.45, 7) is 0. The third kappa shape index (κ3) is 3.46. The van der Waals surface area contributed by atoms with Gasteiger partial charge < -0.3 is 0 Å². The first-order valence-electron chi connectivity index (χ1n) is 5.38. The Morgan fingerprint density at radius 3 is 2.00 bits per heavy atom. The number of anilines is 1. The summed E-state index contributed by atoms with van der Waals surface area (Å²) in [5, 5.41) is 2.05. The van der Waals surface area contributed by atoms with Gasteiger partial charge in [-0.1, -0.05) is 30.0 Å². The van der Waals surface area contributed by atoms with Crippen LogP contribution in [0.25, 0.3) is 0 Å². The Kier molecular flexibility index (Phi) is 3.72. The Hall–Kier alpha value is -2.60. The van der Waals surface area contributed by atoms with Crippen molar-refractivity contribution in [2.45, 2.75) is 0 Å². The van der Waals surface area contributed by atoms with Crippen molar-refractivity contribution in [3.63, 3.8) is 0 Å². The average Bonchev–Trinajstić information content (AvgIpc) is 2.38. The van der Waals surface area contributed by atoms with E-state index in [4.69, 9.17) is 0 Å². The summed E-state index contributed by atoms with van der Waals surface area (Å²) in [5.74, 6) is 5.99. The molecular formula is C15H10FNO. The predicted molar refractivity (Wildman–Crippen MR) is 69.0 cm³/mol. The van der Waals surface area contributed by atoms with Gasteiger partial charge in [-0.05, 0) is 36.4 Å². The topological polar surface area (TPSA) is 29.1 Å². The van der Waals surface area contributed by atoms with Crippen molar-refractivity contribution in [3.8, 4) is 11.8 Å². The van der Waals surface area contributed by atoms with Gasteiger partial charge in [-0.15, -0.1) is 4.39 Å². The number of nitrogens with one attached hydrogen (secondary N) is 1. The number of amides is 1. The molecule has 0 saturated carbocycles. The lowest BCUT2D eigenvalue weighted by Crippen LogP contribution is -2.01. The molecule has 2 aromatic rings. The van der Waals surface area contributed by atoms with Gasteiger partial charge in [0.05, 0.1) is 0 Å². The molecule has 18 heavy (non-hydrogen) atoms.